The van der Waals surface area contributed by atoms with Crippen LogP contribution in [0.4, 0.5) is 5.69 Å². The minimum atomic E-state index is -3.63. The van der Waals surface area contributed by atoms with Gasteiger partial charge in [0.1, 0.15) is 0 Å². The molecule has 0 aliphatic rings. The highest BCUT2D eigenvalue weighted by Crippen LogP contribution is 2.26. The average molecular weight is 381 g/mol. The molecule has 7 heteroatoms. The number of hydrogen-bond acceptors (Lipinski definition) is 3. The van der Waals surface area contributed by atoms with Gasteiger partial charge in [-0.05, 0) is 43.2 Å². The van der Waals surface area contributed by atoms with E-state index in [4.69, 9.17) is 11.6 Å². The molecule has 25 heavy (non-hydrogen) atoms. The van der Waals surface area contributed by atoms with Gasteiger partial charge in [0.2, 0.25) is 15.9 Å². The van der Waals surface area contributed by atoms with Crippen LogP contribution < -0.4 is 9.62 Å². The van der Waals surface area contributed by atoms with Crippen molar-refractivity contribution < 1.29 is 13.2 Å². The summed E-state index contributed by atoms with van der Waals surface area (Å²) in [5.74, 6) is -0.180. The standard InChI is InChI=1S/C18H21ClN2O3S/c1-13-7-4-5-10-18(13)25(23,24)20-11-12-21(15(3)22)17-9-6-8-16(19)14(17)2/h4-10,20H,11-12H2,1-3H3. The van der Waals surface area contributed by atoms with Crippen molar-refractivity contribution in [2.24, 2.45) is 0 Å². The lowest BCUT2D eigenvalue weighted by Gasteiger charge is -2.23. The molecule has 0 aromatic heterocycles. The van der Waals surface area contributed by atoms with Crippen LogP contribution in [0.2, 0.25) is 5.02 Å². The molecular weight excluding hydrogens is 360 g/mol. The number of amides is 1. The van der Waals surface area contributed by atoms with Gasteiger partial charge in [-0.15, -0.1) is 0 Å². The molecule has 134 valence electrons. The zero-order chi connectivity index (χ0) is 18.6. The number of benzene rings is 2. The van der Waals surface area contributed by atoms with Gasteiger partial charge in [0.15, 0.2) is 0 Å². The number of carbonyl (C=O) groups is 1. The predicted molar refractivity (Wildman–Crippen MR) is 101 cm³/mol. The number of hydrogen-bond donors (Lipinski definition) is 1. The lowest BCUT2D eigenvalue weighted by atomic mass is 10.1. The van der Waals surface area contributed by atoms with Crippen molar-refractivity contribution in [3.05, 3.63) is 58.6 Å². The minimum absolute atomic E-state index is 0.0994. The van der Waals surface area contributed by atoms with E-state index in [9.17, 15) is 13.2 Å². The maximum absolute atomic E-state index is 12.4. The average Bonchev–Trinajstić information content (AvgIpc) is 2.54. The van der Waals surface area contributed by atoms with E-state index in [-0.39, 0.29) is 23.9 Å². The van der Waals surface area contributed by atoms with Gasteiger partial charge in [-0.25, -0.2) is 13.1 Å². The number of nitrogens with one attached hydrogen (secondary N) is 1. The molecule has 0 radical (unpaired) electrons. The summed E-state index contributed by atoms with van der Waals surface area (Å²) in [5, 5.41) is 0.559. The summed E-state index contributed by atoms with van der Waals surface area (Å²) in [5.41, 5.74) is 2.13. The molecule has 0 saturated carbocycles. The molecule has 0 heterocycles. The fraction of sp³-hybridized carbons (Fsp3) is 0.278. The summed E-state index contributed by atoms with van der Waals surface area (Å²) in [6, 6.07) is 12.1. The second-order valence-corrected chi connectivity index (χ2v) is 7.86. The SMILES string of the molecule is CC(=O)N(CCNS(=O)(=O)c1ccccc1C)c1cccc(Cl)c1C. The van der Waals surface area contributed by atoms with Crippen LogP contribution in [0.1, 0.15) is 18.1 Å². The van der Waals surface area contributed by atoms with E-state index in [1.807, 2.05) is 6.92 Å². The molecule has 0 bridgehead atoms. The zero-order valence-electron chi connectivity index (χ0n) is 14.4. The number of halogens is 1. The second-order valence-electron chi connectivity index (χ2n) is 5.72. The van der Waals surface area contributed by atoms with Gasteiger partial charge < -0.3 is 4.90 Å². The van der Waals surface area contributed by atoms with Crippen molar-refractivity contribution in [1.29, 1.82) is 0 Å². The molecule has 0 saturated heterocycles. The third-order valence-corrected chi connectivity index (χ3v) is 5.95. The van der Waals surface area contributed by atoms with Gasteiger partial charge in [-0.3, -0.25) is 4.79 Å². The predicted octanol–water partition coefficient (Wildman–Crippen LogP) is 3.29. The van der Waals surface area contributed by atoms with E-state index < -0.39 is 10.0 Å². The molecule has 2 rings (SSSR count). The molecule has 0 atom stereocenters. The summed E-state index contributed by atoms with van der Waals surface area (Å²) in [4.78, 5) is 13.7. The van der Waals surface area contributed by atoms with Crippen molar-refractivity contribution in [2.75, 3.05) is 18.0 Å². The zero-order valence-corrected chi connectivity index (χ0v) is 16.0. The number of anilines is 1. The molecule has 2 aromatic rings. The first kappa shape index (κ1) is 19.4. The fourth-order valence-electron chi connectivity index (χ4n) is 2.56. The monoisotopic (exact) mass is 380 g/mol. The van der Waals surface area contributed by atoms with Crippen molar-refractivity contribution in [3.63, 3.8) is 0 Å². The highest BCUT2D eigenvalue weighted by molar-refractivity contribution is 7.89. The van der Waals surface area contributed by atoms with Gasteiger partial charge in [-0.1, -0.05) is 35.9 Å². The number of rotatable bonds is 6. The highest BCUT2D eigenvalue weighted by atomic mass is 35.5. The maximum Gasteiger partial charge on any atom is 0.240 e. The van der Waals surface area contributed by atoms with Crippen LogP contribution in [0.3, 0.4) is 0 Å². The van der Waals surface area contributed by atoms with Crippen LogP contribution in [-0.2, 0) is 14.8 Å². The van der Waals surface area contributed by atoms with E-state index in [1.165, 1.54) is 11.8 Å². The van der Waals surface area contributed by atoms with Crippen molar-refractivity contribution >= 4 is 33.2 Å². The van der Waals surface area contributed by atoms with Crippen molar-refractivity contribution in [1.82, 2.24) is 4.72 Å². The summed E-state index contributed by atoms with van der Waals surface area (Å²) < 4.78 is 27.4. The first-order valence-electron chi connectivity index (χ1n) is 7.82. The van der Waals surface area contributed by atoms with Gasteiger partial charge in [0.05, 0.1) is 4.90 Å². The van der Waals surface area contributed by atoms with E-state index in [0.717, 1.165) is 5.56 Å². The number of nitrogens with zero attached hydrogens (tertiary/aromatic N) is 1. The molecule has 1 amide bonds. The number of aryl methyl sites for hydroxylation is 1. The van der Waals surface area contributed by atoms with E-state index in [2.05, 4.69) is 4.72 Å². The lowest BCUT2D eigenvalue weighted by Crippen LogP contribution is -2.38. The van der Waals surface area contributed by atoms with E-state index in [0.29, 0.717) is 16.3 Å². The van der Waals surface area contributed by atoms with Crippen LogP contribution in [0.5, 0.6) is 0 Å². The second kappa shape index (κ2) is 7.99. The summed E-state index contributed by atoms with van der Waals surface area (Å²) in [7, 11) is -3.63. The Hall–Kier alpha value is -1.89. The fourth-order valence-corrected chi connectivity index (χ4v) is 4.00. The van der Waals surface area contributed by atoms with Gasteiger partial charge in [-0.2, -0.15) is 0 Å². The normalized spacial score (nSPS) is 11.4. The van der Waals surface area contributed by atoms with Gasteiger partial charge in [0, 0.05) is 30.7 Å². The molecule has 0 spiro atoms. The minimum Gasteiger partial charge on any atom is -0.311 e. The van der Waals surface area contributed by atoms with Crippen molar-refractivity contribution in [3.8, 4) is 0 Å². The third-order valence-electron chi connectivity index (χ3n) is 3.92. The Labute approximate surface area is 153 Å². The molecule has 5 nitrogen and oxygen atoms in total. The summed E-state index contributed by atoms with van der Waals surface area (Å²) >= 11 is 6.12. The van der Waals surface area contributed by atoms with Gasteiger partial charge in [0.25, 0.3) is 0 Å². The Kier molecular flexibility index (Phi) is 6.21. The molecule has 1 N–H and O–H groups in total. The summed E-state index contributed by atoms with van der Waals surface area (Å²) in [6.45, 7) is 5.32. The van der Waals surface area contributed by atoms with Crippen LogP contribution in [0.25, 0.3) is 0 Å². The Balaban J connectivity index is 2.14. The smallest absolute Gasteiger partial charge is 0.240 e. The molecule has 0 unspecified atom stereocenters. The van der Waals surface area contributed by atoms with Crippen LogP contribution >= 0.6 is 11.6 Å². The Morgan fingerprint density at radius 1 is 1.12 bits per heavy atom. The first-order valence-corrected chi connectivity index (χ1v) is 9.68. The van der Waals surface area contributed by atoms with Crippen LogP contribution in [-0.4, -0.2) is 27.4 Å². The molecule has 0 fully saturated rings. The quantitative estimate of drug-likeness (QED) is 0.836. The lowest BCUT2D eigenvalue weighted by molar-refractivity contribution is -0.116. The van der Waals surface area contributed by atoms with E-state index in [1.54, 1.807) is 49.4 Å². The number of sulfonamides is 1. The Bertz CT molecular complexity index is 882. The Morgan fingerprint density at radius 2 is 1.80 bits per heavy atom. The van der Waals surface area contributed by atoms with Crippen LogP contribution in [0.15, 0.2) is 47.4 Å². The van der Waals surface area contributed by atoms with Crippen molar-refractivity contribution in [2.45, 2.75) is 25.7 Å². The van der Waals surface area contributed by atoms with Crippen LogP contribution in [0, 0.1) is 13.8 Å². The number of carbonyl (C=O) groups excluding carboxylic acids is 1. The maximum atomic E-state index is 12.4. The van der Waals surface area contributed by atoms with Gasteiger partial charge >= 0.3 is 0 Å². The molecule has 2 aromatic carbocycles. The topological polar surface area (TPSA) is 66.5 Å². The molecule has 0 aliphatic heterocycles. The third kappa shape index (κ3) is 4.60. The Morgan fingerprint density at radius 3 is 2.44 bits per heavy atom. The first-order chi connectivity index (χ1) is 11.7. The summed E-state index contributed by atoms with van der Waals surface area (Å²) in [6.07, 6.45) is 0. The highest BCUT2D eigenvalue weighted by Gasteiger charge is 2.19. The largest absolute Gasteiger partial charge is 0.311 e. The molecular formula is C18H21ClN2O3S. The molecule has 0 aliphatic carbocycles. The van der Waals surface area contributed by atoms with E-state index >= 15 is 0 Å².